The monoisotopic (exact) mass is 543 g/mol. The summed E-state index contributed by atoms with van der Waals surface area (Å²) in [6.45, 7) is 2.10. The molecule has 3 aromatic rings. The summed E-state index contributed by atoms with van der Waals surface area (Å²) in [4.78, 5) is 27.0. The van der Waals surface area contributed by atoms with Crippen molar-refractivity contribution in [2.75, 3.05) is 10.6 Å². The van der Waals surface area contributed by atoms with E-state index in [1.54, 1.807) is 17.5 Å². The van der Waals surface area contributed by atoms with Gasteiger partial charge in [-0.1, -0.05) is 24.6 Å². The van der Waals surface area contributed by atoms with Crippen molar-refractivity contribution in [3.8, 4) is 0 Å². The van der Waals surface area contributed by atoms with Crippen molar-refractivity contribution < 1.29 is 22.8 Å². The van der Waals surface area contributed by atoms with E-state index in [4.69, 9.17) is 17.3 Å². The smallest absolute Gasteiger partial charge is 0.365 e. The molecule has 35 heavy (non-hydrogen) atoms. The zero-order valence-corrected chi connectivity index (χ0v) is 20.8. The molecule has 0 spiro atoms. The Hall–Kier alpha value is -2.57. The number of alkyl halides is 3. The molecule has 0 bridgehead atoms. The fraction of sp³-hybridized carbons (Fsp3) is 0.409. The second-order valence-corrected chi connectivity index (χ2v) is 11.3. The average Bonchev–Trinajstić information content (AvgIpc) is 3.50. The van der Waals surface area contributed by atoms with Crippen LogP contribution in [0.3, 0.4) is 0 Å². The number of hydrogen-bond donors (Lipinski definition) is 3. The molecule has 2 aliphatic rings. The molecule has 2 amide bonds. The molecule has 4 heterocycles. The minimum absolute atomic E-state index is 0.0711. The van der Waals surface area contributed by atoms with Crippen LogP contribution < -0.4 is 16.4 Å². The van der Waals surface area contributed by atoms with Crippen LogP contribution in [-0.4, -0.2) is 27.8 Å². The number of carbonyl (C=O) groups excluding carboxylic acids is 2. The summed E-state index contributed by atoms with van der Waals surface area (Å²) in [5.41, 5.74) is 6.32. The Kier molecular flexibility index (Phi) is 6.09. The van der Waals surface area contributed by atoms with Crippen molar-refractivity contribution in [2.45, 2.75) is 50.9 Å². The van der Waals surface area contributed by atoms with Gasteiger partial charge in [0.05, 0.1) is 11.6 Å². The number of anilines is 2. The highest BCUT2D eigenvalue weighted by atomic mass is 35.5. The van der Waals surface area contributed by atoms with Gasteiger partial charge in [-0.15, -0.1) is 22.7 Å². The lowest BCUT2D eigenvalue weighted by molar-refractivity contribution is -0.173. The molecule has 0 fully saturated rings. The first-order chi connectivity index (χ1) is 16.5. The second kappa shape index (κ2) is 8.82. The summed E-state index contributed by atoms with van der Waals surface area (Å²) in [7, 11) is 0. The Morgan fingerprint density at radius 1 is 1.37 bits per heavy atom. The van der Waals surface area contributed by atoms with Crippen LogP contribution in [0.1, 0.15) is 68.0 Å². The van der Waals surface area contributed by atoms with E-state index in [-0.39, 0.29) is 33.5 Å². The van der Waals surface area contributed by atoms with Crippen LogP contribution in [0.15, 0.2) is 17.5 Å². The zero-order chi connectivity index (χ0) is 25.1. The zero-order valence-electron chi connectivity index (χ0n) is 18.4. The van der Waals surface area contributed by atoms with Crippen LogP contribution in [0.4, 0.5) is 24.0 Å². The van der Waals surface area contributed by atoms with Crippen LogP contribution >= 0.6 is 34.3 Å². The van der Waals surface area contributed by atoms with Gasteiger partial charge in [0.1, 0.15) is 15.8 Å². The van der Waals surface area contributed by atoms with Gasteiger partial charge >= 0.3 is 6.18 Å². The van der Waals surface area contributed by atoms with Crippen molar-refractivity contribution in [2.24, 2.45) is 11.7 Å². The number of rotatable bonds is 4. The average molecular weight is 544 g/mol. The van der Waals surface area contributed by atoms with E-state index in [9.17, 15) is 22.8 Å². The number of nitrogens with one attached hydrogen (secondary N) is 2. The first-order valence-corrected chi connectivity index (χ1v) is 13.0. The second-order valence-electron chi connectivity index (χ2n) is 8.84. The van der Waals surface area contributed by atoms with Crippen molar-refractivity contribution in [3.63, 3.8) is 0 Å². The Balaban J connectivity index is 1.50. The number of fused-ring (bicyclic) bond motifs is 2. The molecule has 0 aromatic carbocycles. The highest BCUT2D eigenvalue weighted by Gasteiger charge is 2.48. The number of thiophene rings is 2. The van der Waals surface area contributed by atoms with Crippen molar-refractivity contribution >= 4 is 56.9 Å². The number of amides is 2. The first-order valence-electron chi connectivity index (χ1n) is 10.9. The van der Waals surface area contributed by atoms with Gasteiger partial charge in [-0.25, -0.2) is 4.68 Å². The first kappa shape index (κ1) is 24.1. The van der Waals surface area contributed by atoms with E-state index < -0.39 is 30.1 Å². The molecular formula is C22H21ClF3N5O2S2. The maximum Gasteiger partial charge on any atom is 0.410 e. The molecule has 3 atom stereocenters. The van der Waals surface area contributed by atoms with Gasteiger partial charge in [0.15, 0.2) is 11.7 Å². The minimum Gasteiger partial charge on any atom is -0.365 e. The van der Waals surface area contributed by atoms with Crippen LogP contribution in [0, 0.1) is 5.92 Å². The molecule has 0 saturated heterocycles. The third-order valence-electron chi connectivity index (χ3n) is 6.38. The largest absolute Gasteiger partial charge is 0.410 e. The number of nitrogens with two attached hydrogens (primary N) is 1. The fourth-order valence-corrected chi connectivity index (χ4v) is 7.14. The van der Waals surface area contributed by atoms with E-state index in [2.05, 4.69) is 22.7 Å². The maximum atomic E-state index is 13.9. The lowest BCUT2D eigenvalue weighted by Gasteiger charge is -2.32. The van der Waals surface area contributed by atoms with Gasteiger partial charge in [-0.2, -0.15) is 18.3 Å². The third kappa shape index (κ3) is 4.31. The third-order valence-corrected chi connectivity index (χ3v) is 8.90. The fourth-order valence-electron chi connectivity index (χ4n) is 4.67. The number of halogens is 4. The van der Waals surface area contributed by atoms with E-state index in [0.29, 0.717) is 12.3 Å². The topological polar surface area (TPSA) is 102 Å². The molecule has 5 rings (SSSR count). The summed E-state index contributed by atoms with van der Waals surface area (Å²) < 4.78 is 42.6. The van der Waals surface area contributed by atoms with Gasteiger partial charge in [-0.3, -0.25) is 9.59 Å². The molecule has 4 N–H and O–H groups in total. The minimum atomic E-state index is -4.60. The Morgan fingerprint density at radius 3 is 2.80 bits per heavy atom. The van der Waals surface area contributed by atoms with E-state index in [0.717, 1.165) is 32.8 Å². The molecular weight excluding hydrogens is 523 g/mol. The molecule has 13 heteroatoms. The van der Waals surface area contributed by atoms with E-state index in [1.165, 1.54) is 22.7 Å². The van der Waals surface area contributed by atoms with Gasteiger partial charge in [0.25, 0.3) is 11.8 Å². The molecule has 186 valence electrons. The number of carbonyl (C=O) groups is 2. The van der Waals surface area contributed by atoms with Gasteiger partial charge in [0.2, 0.25) is 0 Å². The van der Waals surface area contributed by atoms with E-state index >= 15 is 0 Å². The lowest BCUT2D eigenvalue weighted by atomic mass is 9.88. The molecule has 1 aliphatic carbocycles. The normalized spacial score (nSPS) is 21.7. The van der Waals surface area contributed by atoms with Crippen LogP contribution in [0.5, 0.6) is 0 Å². The Morgan fingerprint density at radius 2 is 2.14 bits per heavy atom. The molecule has 0 saturated carbocycles. The number of nitrogens with zero attached hydrogens (tertiary/aromatic N) is 2. The van der Waals surface area contributed by atoms with Crippen LogP contribution in [-0.2, 0) is 12.8 Å². The number of hydrogen-bond acceptors (Lipinski definition) is 6. The molecule has 1 aliphatic heterocycles. The van der Waals surface area contributed by atoms with Gasteiger partial charge in [-0.05, 0) is 42.2 Å². The van der Waals surface area contributed by atoms with Crippen molar-refractivity contribution in [3.05, 3.63) is 49.1 Å². The lowest BCUT2D eigenvalue weighted by Crippen LogP contribution is -2.35. The summed E-state index contributed by atoms with van der Waals surface area (Å²) >= 11 is 9.00. The highest BCUT2D eigenvalue weighted by molar-refractivity contribution is 7.17. The van der Waals surface area contributed by atoms with Crippen LogP contribution in [0.25, 0.3) is 0 Å². The summed E-state index contributed by atoms with van der Waals surface area (Å²) in [5.74, 6) is -1.11. The predicted octanol–water partition coefficient (Wildman–Crippen LogP) is 5.80. The van der Waals surface area contributed by atoms with Gasteiger partial charge in [0, 0.05) is 16.2 Å². The molecule has 7 nitrogen and oxygen atoms in total. The van der Waals surface area contributed by atoms with Crippen LogP contribution in [0.2, 0.25) is 5.02 Å². The SMILES string of the molecule is C[C@H]1CCc2c(sc(NC(=O)c3nn4c(c3Cl)N[C@@H](c3cccs3)C[C@@H]4C(F)(F)F)c2C(N)=O)C1. The van der Waals surface area contributed by atoms with Gasteiger partial charge < -0.3 is 16.4 Å². The maximum absolute atomic E-state index is 13.9. The predicted molar refractivity (Wildman–Crippen MR) is 130 cm³/mol. The summed E-state index contributed by atoms with van der Waals surface area (Å²) in [6, 6.07) is 0.913. The van der Waals surface area contributed by atoms with E-state index in [1.807, 2.05) is 0 Å². The summed E-state index contributed by atoms with van der Waals surface area (Å²) in [6.07, 6.45) is -2.57. The summed E-state index contributed by atoms with van der Waals surface area (Å²) in [5, 5.41) is 11.4. The quantitative estimate of drug-likeness (QED) is 0.387. The number of aromatic nitrogens is 2. The highest BCUT2D eigenvalue weighted by Crippen LogP contribution is 2.47. The van der Waals surface area contributed by atoms with Crippen molar-refractivity contribution in [1.29, 1.82) is 0 Å². The standard InChI is InChI=1S/C22H21ClF3N5O2S2/c1-9-4-5-10-13(7-9)35-21(15(10)18(27)32)29-20(33)17-16(23)19-28-11(12-3-2-6-34-12)8-14(22(24,25)26)31(19)30-17/h2-3,6,9,11,14,28H,4-5,7-8H2,1H3,(H2,27,32)(H,29,33)/t9-,11+,14+/m0/s1. The molecule has 0 radical (unpaired) electrons. The molecule has 3 aromatic heterocycles. The van der Waals surface area contributed by atoms with Crippen molar-refractivity contribution in [1.82, 2.24) is 9.78 Å². The number of primary amides is 1. The Labute approximate surface area is 211 Å². The molecule has 0 unspecified atom stereocenters. The Bertz CT molecular complexity index is 1300.